The summed E-state index contributed by atoms with van der Waals surface area (Å²) in [6, 6.07) is 3.45. The molecule has 0 unspecified atom stereocenters. The largest absolute Gasteiger partial charge is 0.394 e. The summed E-state index contributed by atoms with van der Waals surface area (Å²) in [5, 5.41) is 11.8. The van der Waals surface area contributed by atoms with Gasteiger partial charge in [0.1, 0.15) is 0 Å². The van der Waals surface area contributed by atoms with Crippen LogP contribution in [0.1, 0.15) is 12.8 Å². The number of aliphatic hydroxyl groups is 1. The lowest BCUT2D eigenvalue weighted by Crippen LogP contribution is -2.41. The first-order chi connectivity index (χ1) is 10.2. The fourth-order valence-corrected chi connectivity index (χ4v) is 2.49. The van der Waals surface area contributed by atoms with Crippen LogP contribution in [0.4, 0.5) is 5.69 Å². The minimum Gasteiger partial charge on any atom is -0.394 e. The Bertz CT molecular complexity index is 465. The number of halogens is 1. The maximum Gasteiger partial charge on any atom is 0.238 e. The van der Waals surface area contributed by atoms with Gasteiger partial charge in [-0.3, -0.25) is 9.69 Å². The Morgan fingerprint density at radius 2 is 2.29 bits per heavy atom. The standard InChI is InChI=1S/C14H20ClN3O3/c15-14-12(2-1-5-16-14)17-13(20)10-18-6-3-11(4-7-18)21-9-8-19/h1-2,5,11,19H,3-4,6-10H2,(H,17,20). The minimum absolute atomic E-state index is 0.0501. The number of carbonyl (C=O) groups is 1. The molecule has 1 saturated heterocycles. The molecule has 1 amide bonds. The summed E-state index contributed by atoms with van der Waals surface area (Å²) < 4.78 is 5.49. The number of nitrogens with one attached hydrogen (secondary N) is 1. The van der Waals surface area contributed by atoms with Crippen molar-refractivity contribution < 1.29 is 14.6 Å². The third kappa shape index (κ3) is 5.24. The van der Waals surface area contributed by atoms with E-state index >= 15 is 0 Å². The lowest BCUT2D eigenvalue weighted by Gasteiger charge is -2.31. The first-order valence-electron chi connectivity index (χ1n) is 7.04. The zero-order chi connectivity index (χ0) is 15.1. The van der Waals surface area contributed by atoms with Gasteiger partial charge in [-0.2, -0.15) is 0 Å². The summed E-state index contributed by atoms with van der Waals surface area (Å²) in [4.78, 5) is 18.0. The number of amides is 1. The van der Waals surface area contributed by atoms with Crippen LogP contribution in [0.5, 0.6) is 0 Å². The number of nitrogens with zero attached hydrogens (tertiary/aromatic N) is 2. The lowest BCUT2D eigenvalue weighted by atomic mass is 10.1. The minimum atomic E-state index is -0.0976. The Kier molecular flexibility index (Phi) is 6.38. The van der Waals surface area contributed by atoms with Gasteiger partial charge in [-0.05, 0) is 25.0 Å². The second-order valence-electron chi connectivity index (χ2n) is 4.96. The lowest BCUT2D eigenvalue weighted by molar-refractivity contribution is -0.118. The molecule has 7 heteroatoms. The van der Waals surface area contributed by atoms with E-state index in [1.165, 1.54) is 0 Å². The maximum atomic E-state index is 12.0. The Morgan fingerprint density at radius 3 is 2.95 bits per heavy atom. The van der Waals surface area contributed by atoms with Crippen molar-refractivity contribution in [2.45, 2.75) is 18.9 Å². The van der Waals surface area contributed by atoms with E-state index in [2.05, 4.69) is 15.2 Å². The smallest absolute Gasteiger partial charge is 0.238 e. The monoisotopic (exact) mass is 313 g/mol. The van der Waals surface area contributed by atoms with E-state index in [9.17, 15) is 4.79 Å². The summed E-state index contributed by atoms with van der Waals surface area (Å²) in [6.45, 7) is 2.38. The topological polar surface area (TPSA) is 74.7 Å². The number of rotatable bonds is 6. The van der Waals surface area contributed by atoms with Gasteiger partial charge in [-0.25, -0.2) is 4.98 Å². The second-order valence-corrected chi connectivity index (χ2v) is 5.32. The quantitative estimate of drug-likeness (QED) is 0.771. The molecule has 21 heavy (non-hydrogen) atoms. The summed E-state index contributed by atoms with van der Waals surface area (Å²) >= 11 is 5.90. The number of carbonyl (C=O) groups excluding carboxylic acids is 1. The van der Waals surface area contributed by atoms with E-state index < -0.39 is 0 Å². The van der Waals surface area contributed by atoms with E-state index in [1.54, 1.807) is 18.3 Å². The van der Waals surface area contributed by atoms with Gasteiger partial charge < -0.3 is 15.2 Å². The number of anilines is 1. The highest BCUT2D eigenvalue weighted by molar-refractivity contribution is 6.32. The molecule has 2 rings (SSSR count). The molecule has 1 aromatic heterocycles. The molecule has 6 nitrogen and oxygen atoms in total. The molecular weight excluding hydrogens is 294 g/mol. The number of piperidine rings is 1. The van der Waals surface area contributed by atoms with Crippen molar-refractivity contribution in [1.29, 1.82) is 0 Å². The number of aromatic nitrogens is 1. The maximum absolute atomic E-state index is 12.0. The number of hydrogen-bond donors (Lipinski definition) is 2. The average Bonchev–Trinajstić information content (AvgIpc) is 2.49. The van der Waals surface area contributed by atoms with Gasteiger partial charge in [-0.15, -0.1) is 0 Å². The van der Waals surface area contributed by atoms with Gasteiger partial charge in [0.25, 0.3) is 0 Å². The number of pyridine rings is 1. The van der Waals surface area contributed by atoms with Crippen LogP contribution in [-0.4, -0.2) is 59.8 Å². The Balaban J connectivity index is 1.73. The van der Waals surface area contributed by atoms with Crippen LogP contribution >= 0.6 is 11.6 Å². The summed E-state index contributed by atoms with van der Waals surface area (Å²) in [5.41, 5.74) is 0.533. The summed E-state index contributed by atoms with van der Waals surface area (Å²) in [6.07, 6.45) is 3.51. The van der Waals surface area contributed by atoms with Crippen LogP contribution in [0, 0.1) is 0 Å². The number of likely N-dealkylation sites (tertiary alicyclic amines) is 1. The first kappa shape index (κ1) is 16.2. The van der Waals surface area contributed by atoms with Crippen molar-refractivity contribution in [2.24, 2.45) is 0 Å². The molecule has 0 radical (unpaired) electrons. The number of hydrogen-bond acceptors (Lipinski definition) is 5. The van der Waals surface area contributed by atoms with Gasteiger partial charge in [0.2, 0.25) is 5.91 Å². The Labute approximate surface area is 129 Å². The number of ether oxygens (including phenoxy) is 1. The molecule has 1 aromatic rings. The van der Waals surface area contributed by atoms with Crippen LogP contribution in [0.25, 0.3) is 0 Å². The third-order valence-corrected chi connectivity index (χ3v) is 3.68. The van der Waals surface area contributed by atoms with Crippen molar-refractivity contribution in [3.63, 3.8) is 0 Å². The molecule has 0 bridgehead atoms. The molecule has 116 valence electrons. The van der Waals surface area contributed by atoms with E-state index in [-0.39, 0.29) is 18.6 Å². The number of aliphatic hydroxyl groups excluding tert-OH is 1. The summed E-state index contributed by atoms with van der Waals surface area (Å²) in [7, 11) is 0. The molecule has 1 aliphatic heterocycles. The first-order valence-corrected chi connectivity index (χ1v) is 7.42. The molecule has 0 spiro atoms. The zero-order valence-electron chi connectivity index (χ0n) is 11.8. The van der Waals surface area contributed by atoms with Gasteiger partial charge in [0, 0.05) is 19.3 Å². The van der Waals surface area contributed by atoms with Crippen LogP contribution in [0.2, 0.25) is 5.15 Å². The SMILES string of the molecule is O=C(CN1CCC(OCCO)CC1)Nc1cccnc1Cl. The van der Waals surface area contributed by atoms with Gasteiger partial charge >= 0.3 is 0 Å². The average molecular weight is 314 g/mol. The van der Waals surface area contributed by atoms with Crippen molar-refractivity contribution in [3.05, 3.63) is 23.5 Å². The van der Waals surface area contributed by atoms with E-state index in [0.29, 0.717) is 24.0 Å². The van der Waals surface area contributed by atoms with Gasteiger partial charge in [0.05, 0.1) is 31.5 Å². The highest BCUT2D eigenvalue weighted by Crippen LogP contribution is 2.18. The van der Waals surface area contributed by atoms with E-state index in [1.807, 2.05) is 0 Å². The molecule has 0 aliphatic carbocycles. The molecular formula is C14H20ClN3O3. The van der Waals surface area contributed by atoms with E-state index in [4.69, 9.17) is 21.4 Å². The third-order valence-electron chi connectivity index (χ3n) is 3.38. The van der Waals surface area contributed by atoms with Gasteiger partial charge in [0.15, 0.2) is 5.15 Å². The molecule has 0 atom stereocenters. The van der Waals surface area contributed by atoms with Crippen LogP contribution in [-0.2, 0) is 9.53 Å². The predicted octanol–water partition coefficient (Wildman–Crippen LogP) is 1.15. The normalized spacial score (nSPS) is 16.9. The Hall–Kier alpha value is -1.21. The molecule has 1 fully saturated rings. The molecule has 0 saturated carbocycles. The van der Waals surface area contributed by atoms with Crippen LogP contribution in [0.3, 0.4) is 0 Å². The fraction of sp³-hybridized carbons (Fsp3) is 0.571. The molecule has 1 aliphatic rings. The van der Waals surface area contributed by atoms with E-state index in [0.717, 1.165) is 25.9 Å². The van der Waals surface area contributed by atoms with Crippen molar-refractivity contribution >= 4 is 23.2 Å². The summed E-state index contributed by atoms with van der Waals surface area (Å²) in [5.74, 6) is -0.0976. The zero-order valence-corrected chi connectivity index (χ0v) is 12.6. The molecule has 0 aromatic carbocycles. The van der Waals surface area contributed by atoms with Gasteiger partial charge in [-0.1, -0.05) is 11.6 Å². The molecule has 2 heterocycles. The highest BCUT2D eigenvalue weighted by atomic mass is 35.5. The Morgan fingerprint density at radius 1 is 1.52 bits per heavy atom. The van der Waals surface area contributed by atoms with Crippen LogP contribution in [0.15, 0.2) is 18.3 Å². The van der Waals surface area contributed by atoms with Crippen molar-refractivity contribution in [1.82, 2.24) is 9.88 Å². The highest BCUT2D eigenvalue weighted by Gasteiger charge is 2.21. The van der Waals surface area contributed by atoms with Crippen molar-refractivity contribution in [3.8, 4) is 0 Å². The second kappa shape index (κ2) is 8.29. The molecule has 2 N–H and O–H groups in total. The van der Waals surface area contributed by atoms with Crippen molar-refractivity contribution in [2.75, 3.05) is 38.2 Å². The fourth-order valence-electron chi connectivity index (χ4n) is 2.33. The van der Waals surface area contributed by atoms with Crippen LogP contribution < -0.4 is 5.32 Å². The predicted molar refractivity (Wildman–Crippen MR) is 80.4 cm³/mol.